The molecule has 0 bridgehead atoms. The molecule has 1 aliphatic rings. The lowest BCUT2D eigenvalue weighted by molar-refractivity contribution is 0.209. The van der Waals surface area contributed by atoms with Crippen molar-refractivity contribution in [3.8, 4) is 5.69 Å². The van der Waals surface area contributed by atoms with Crippen molar-refractivity contribution in [3.63, 3.8) is 0 Å². The van der Waals surface area contributed by atoms with Crippen LogP contribution in [0.25, 0.3) is 5.69 Å². The topological polar surface area (TPSA) is 67.3 Å². The van der Waals surface area contributed by atoms with Crippen molar-refractivity contribution >= 4 is 24.4 Å². The standard InChI is InChI=1S/C30H33N3O3Si/c1-30(2,3)37(26-10-6-4-7-11-26,27-12-8-5-9-13-27)36-22-23-20-32(21-23)24-14-16-25(17-15-24)33-19-18-28(34)31-29(33)35/h4-19,23H,20-22H2,1-3H3,(H,31,34,35). The first kappa shape index (κ1) is 25.0. The quantitative estimate of drug-likeness (QED) is 0.386. The number of H-pyrrole nitrogens is 1. The van der Waals surface area contributed by atoms with Crippen LogP contribution in [0.5, 0.6) is 0 Å². The van der Waals surface area contributed by atoms with Gasteiger partial charge in [0.1, 0.15) is 0 Å². The number of rotatable bonds is 7. The van der Waals surface area contributed by atoms with E-state index in [9.17, 15) is 9.59 Å². The summed E-state index contributed by atoms with van der Waals surface area (Å²) in [6, 6.07) is 30.7. The summed E-state index contributed by atoms with van der Waals surface area (Å²) >= 11 is 0. The maximum atomic E-state index is 12.1. The van der Waals surface area contributed by atoms with Crippen molar-refractivity contribution in [3.05, 3.63) is 118 Å². The van der Waals surface area contributed by atoms with Crippen LogP contribution in [0, 0.1) is 5.92 Å². The molecule has 0 amide bonds. The Bertz CT molecular complexity index is 1410. The molecule has 0 aliphatic carbocycles. The van der Waals surface area contributed by atoms with Gasteiger partial charge in [-0.05, 0) is 39.7 Å². The molecule has 0 unspecified atom stereocenters. The van der Waals surface area contributed by atoms with E-state index in [0.717, 1.165) is 24.5 Å². The predicted molar refractivity (Wildman–Crippen MR) is 152 cm³/mol. The Morgan fingerprint density at radius 1 is 0.811 bits per heavy atom. The maximum Gasteiger partial charge on any atom is 0.332 e. The molecule has 0 saturated carbocycles. The van der Waals surface area contributed by atoms with E-state index < -0.39 is 19.6 Å². The Kier molecular flexibility index (Phi) is 6.75. The van der Waals surface area contributed by atoms with Crippen molar-refractivity contribution in [1.29, 1.82) is 0 Å². The van der Waals surface area contributed by atoms with Gasteiger partial charge in [0.15, 0.2) is 0 Å². The average Bonchev–Trinajstić information content (AvgIpc) is 2.86. The summed E-state index contributed by atoms with van der Waals surface area (Å²) in [6.07, 6.45) is 1.50. The fourth-order valence-corrected chi connectivity index (χ4v) is 9.98. The minimum absolute atomic E-state index is 0.0330. The minimum Gasteiger partial charge on any atom is -0.407 e. The highest BCUT2D eigenvalue weighted by molar-refractivity contribution is 6.99. The Balaban J connectivity index is 1.31. The first-order valence-corrected chi connectivity index (χ1v) is 14.6. The fourth-order valence-electron chi connectivity index (χ4n) is 5.34. The van der Waals surface area contributed by atoms with Crippen LogP contribution >= 0.6 is 0 Å². The number of hydrogen-bond acceptors (Lipinski definition) is 4. The zero-order valence-corrected chi connectivity index (χ0v) is 22.6. The molecule has 1 fully saturated rings. The van der Waals surface area contributed by atoms with Crippen LogP contribution in [0.4, 0.5) is 5.69 Å². The molecule has 2 heterocycles. The predicted octanol–water partition coefficient (Wildman–Crippen LogP) is 3.54. The molecule has 0 atom stereocenters. The van der Waals surface area contributed by atoms with Gasteiger partial charge in [-0.25, -0.2) is 4.79 Å². The molecule has 4 aromatic rings. The number of benzene rings is 3. The third kappa shape index (κ3) is 4.84. The van der Waals surface area contributed by atoms with Gasteiger partial charge in [0.05, 0.1) is 5.69 Å². The Morgan fingerprint density at radius 2 is 1.35 bits per heavy atom. The zero-order valence-electron chi connectivity index (χ0n) is 21.6. The second kappa shape index (κ2) is 9.99. The summed E-state index contributed by atoms with van der Waals surface area (Å²) < 4.78 is 8.53. The van der Waals surface area contributed by atoms with Crippen molar-refractivity contribution in [2.75, 3.05) is 24.6 Å². The van der Waals surface area contributed by atoms with Gasteiger partial charge in [-0.2, -0.15) is 0 Å². The molecule has 7 heteroatoms. The lowest BCUT2D eigenvalue weighted by Gasteiger charge is -2.46. The van der Waals surface area contributed by atoms with Gasteiger partial charge in [-0.1, -0.05) is 81.4 Å². The second-order valence-corrected chi connectivity index (χ2v) is 15.0. The van der Waals surface area contributed by atoms with Gasteiger partial charge in [-0.3, -0.25) is 14.3 Å². The molecule has 0 spiro atoms. The molecule has 1 saturated heterocycles. The van der Waals surface area contributed by atoms with Gasteiger partial charge in [0.25, 0.3) is 13.9 Å². The number of aromatic amines is 1. The molecule has 37 heavy (non-hydrogen) atoms. The minimum atomic E-state index is -2.53. The summed E-state index contributed by atoms with van der Waals surface area (Å²) in [6.45, 7) is 9.49. The van der Waals surface area contributed by atoms with Crippen molar-refractivity contribution < 1.29 is 4.43 Å². The highest BCUT2D eigenvalue weighted by atomic mass is 28.4. The first-order valence-electron chi connectivity index (χ1n) is 12.7. The smallest absolute Gasteiger partial charge is 0.332 e. The van der Waals surface area contributed by atoms with E-state index in [1.54, 1.807) is 0 Å². The van der Waals surface area contributed by atoms with Gasteiger partial charge >= 0.3 is 5.69 Å². The van der Waals surface area contributed by atoms with Crippen LogP contribution in [0.1, 0.15) is 20.8 Å². The van der Waals surface area contributed by atoms with E-state index in [4.69, 9.17) is 4.43 Å². The zero-order chi connectivity index (χ0) is 26.0. The van der Waals surface area contributed by atoms with Gasteiger partial charge < -0.3 is 9.33 Å². The normalized spacial score (nSPS) is 14.4. The molecule has 0 radical (unpaired) electrons. The number of nitrogens with one attached hydrogen (secondary N) is 1. The second-order valence-electron chi connectivity index (χ2n) is 10.7. The number of hydrogen-bond donors (Lipinski definition) is 1. The van der Waals surface area contributed by atoms with Crippen molar-refractivity contribution in [2.45, 2.75) is 25.8 Å². The molecule has 1 aromatic heterocycles. The van der Waals surface area contributed by atoms with Crippen LogP contribution < -0.4 is 26.5 Å². The first-order chi connectivity index (χ1) is 17.8. The highest BCUT2D eigenvalue weighted by Gasteiger charge is 2.50. The van der Waals surface area contributed by atoms with Crippen molar-refractivity contribution in [2.24, 2.45) is 5.92 Å². The van der Waals surface area contributed by atoms with E-state index in [0.29, 0.717) is 12.5 Å². The van der Waals surface area contributed by atoms with Gasteiger partial charge in [0.2, 0.25) is 0 Å². The molecular formula is C30H33N3O3Si. The van der Waals surface area contributed by atoms with Crippen LogP contribution in [0.2, 0.25) is 5.04 Å². The van der Waals surface area contributed by atoms with E-state index in [2.05, 4.69) is 91.3 Å². The molecule has 3 aromatic carbocycles. The van der Waals surface area contributed by atoms with Crippen LogP contribution in [-0.4, -0.2) is 37.6 Å². The average molecular weight is 512 g/mol. The van der Waals surface area contributed by atoms with E-state index in [-0.39, 0.29) is 5.04 Å². The lowest BCUT2D eigenvalue weighted by Crippen LogP contribution is -2.67. The van der Waals surface area contributed by atoms with Crippen molar-refractivity contribution in [1.82, 2.24) is 9.55 Å². The Morgan fingerprint density at radius 3 is 1.86 bits per heavy atom. The van der Waals surface area contributed by atoms with Crippen LogP contribution in [0.15, 0.2) is 107 Å². The largest absolute Gasteiger partial charge is 0.407 e. The van der Waals surface area contributed by atoms with E-state index >= 15 is 0 Å². The molecule has 1 aliphatic heterocycles. The molecule has 1 N–H and O–H groups in total. The summed E-state index contributed by atoms with van der Waals surface area (Å²) in [7, 11) is -2.53. The number of anilines is 1. The number of aromatic nitrogens is 2. The maximum absolute atomic E-state index is 12.1. The van der Waals surface area contributed by atoms with Crippen LogP contribution in [-0.2, 0) is 4.43 Å². The van der Waals surface area contributed by atoms with Crippen LogP contribution in [0.3, 0.4) is 0 Å². The molecule has 190 valence electrons. The summed E-state index contributed by atoms with van der Waals surface area (Å²) in [5.41, 5.74) is 0.995. The monoisotopic (exact) mass is 511 g/mol. The molecule has 6 nitrogen and oxygen atoms in total. The SMILES string of the molecule is CC(C)(C)[Si](OCC1CN(c2ccc(-n3ccc(=O)[nH]c3=O)cc2)C1)(c1ccccc1)c1ccccc1. The third-order valence-corrected chi connectivity index (χ3v) is 12.2. The summed E-state index contributed by atoms with van der Waals surface area (Å²) in [5, 5.41) is 2.57. The van der Waals surface area contributed by atoms with E-state index in [1.807, 2.05) is 24.3 Å². The third-order valence-electron chi connectivity index (χ3n) is 7.23. The summed E-state index contributed by atoms with van der Waals surface area (Å²) in [4.78, 5) is 28.1. The van der Waals surface area contributed by atoms with Gasteiger partial charge in [-0.15, -0.1) is 0 Å². The Hall–Kier alpha value is -3.68. The molecule has 5 rings (SSSR count). The van der Waals surface area contributed by atoms with Gasteiger partial charge in [0, 0.05) is 43.6 Å². The lowest BCUT2D eigenvalue weighted by atomic mass is 10.0. The number of nitrogens with zero attached hydrogens (tertiary/aromatic N) is 2. The fraction of sp³-hybridized carbons (Fsp3) is 0.267. The highest BCUT2D eigenvalue weighted by Crippen LogP contribution is 2.37. The summed E-state index contributed by atoms with van der Waals surface area (Å²) in [5.74, 6) is 0.447. The van der Waals surface area contributed by atoms with E-state index in [1.165, 1.54) is 27.2 Å². The Labute approximate surface area is 218 Å². The molecular weight excluding hydrogens is 478 g/mol.